The number of aromatic nitrogens is 4. The van der Waals surface area contributed by atoms with Gasteiger partial charge in [-0.05, 0) is 54.1 Å². The van der Waals surface area contributed by atoms with Gasteiger partial charge in [0, 0.05) is 16.3 Å². The molecule has 0 bridgehead atoms. The third-order valence-electron chi connectivity index (χ3n) is 4.18. The zero-order valence-corrected chi connectivity index (χ0v) is 16.5. The molecule has 2 heterocycles. The number of carbonyl (C=O) groups is 1. The number of fused-ring (bicyclic) bond motifs is 1. The molecule has 0 fully saturated rings. The van der Waals surface area contributed by atoms with Crippen LogP contribution in [0.3, 0.4) is 0 Å². The highest BCUT2D eigenvalue weighted by Crippen LogP contribution is 2.21. The quantitative estimate of drug-likeness (QED) is 0.344. The van der Waals surface area contributed by atoms with Crippen LogP contribution in [0.2, 0.25) is 5.02 Å². The molecule has 6 nitrogen and oxygen atoms in total. The predicted octanol–water partition coefficient (Wildman–Crippen LogP) is 3.86. The van der Waals surface area contributed by atoms with Gasteiger partial charge in [0.05, 0.1) is 0 Å². The Kier molecular flexibility index (Phi) is 5.46. The summed E-state index contributed by atoms with van der Waals surface area (Å²) < 4.78 is 15.2. The van der Waals surface area contributed by atoms with E-state index < -0.39 is 11.5 Å². The lowest BCUT2D eigenvalue weighted by atomic mass is 10.1. The average molecular weight is 429 g/mol. The maximum Gasteiger partial charge on any atom is 0.367 e. The van der Waals surface area contributed by atoms with E-state index in [4.69, 9.17) is 11.6 Å². The van der Waals surface area contributed by atoms with Crippen molar-refractivity contribution in [3.8, 4) is 0 Å². The lowest BCUT2D eigenvalue weighted by molar-refractivity contribution is 0.0966. The van der Waals surface area contributed by atoms with Crippen LogP contribution in [0.4, 0.5) is 4.39 Å². The molecular weight excluding hydrogens is 415 g/mol. The number of halogens is 2. The Morgan fingerprint density at radius 1 is 1.00 bits per heavy atom. The fourth-order valence-corrected chi connectivity index (χ4v) is 3.61. The first-order chi connectivity index (χ1) is 14.0. The summed E-state index contributed by atoms with van der Waals surface area (Å²) in [7, 11) is 0. The molecule has 4 aromatic rings. The van der Waals surface area contributed by atoms with E-state index in [0.717, 1.165) is 10.2 Å². The third kappa shape index (κ3) is 4.38. The Morgan fingerprint density at radius 3 is 2.45 bits per heavy atom. The molecule has 9 heteroatoms. The van der Waals surface area contributed by atoms with E-state index in [1.165, 1.54) is 40.5 Å². The second kappa shape index (κ2) is 8.18. The summed E-state index contributed by atoms with van der Waals surface area (Å²) in [6.07, 6.45) is 0. The molecule has 4 rings (SSSR count). The van der Waals surface area contributed by atoms with Crippen LogP contribution in [0.25, 0.3) is 5.65 Å². The highest BCUT2D eigenvalue weighted by atomic mass is 35.5. The second-order valence-corrected chi connectivity index (χ2v) is 7.66. The van der Waals surface area contributed by atoms with Gasteiger partial charge < -0.3 is 0 Å². The Balaban J connectivity index is 1.52. The van der Waals surface area contributed by atoms with Crippen molar-refractivity contribution in [1.82, 2.24) is 19.4 Å². The molecule has 0 saturated heterocycles. The first kappa shape index (κ1) is 19.4. The molecule has 29 heavy (non-hydrogen) atoms. The summed E-state index contributed by atoms with van der Waals surface area (Å²) in [6.45, 7) is -0.249. The molecule has 2 aromatic carbocycles. The normalized spacial score (nSPS) is 11.1. The van der Waals surface area contributed by atoms with E-state index in [1.807, 2.05) is 24.3 Å². The molecule has 0 aliphatic carbocycles. The lowest BCUT2D eigenvalue weighted by Gasteiger charge is -2.01. The summed E-state index contributed by atoms with van der Waals surface area (Å²) in [5.74, 6) is -0.103. The fourth-order valence-electron chi connectivity index (χ4n) is 2.67. The molecule has 0 radical (unpaired) electrons. The van der Waals surface area contributed by atoms with Crippen molar-refractivity contribution in [1.29, 1.82) is 0 Å². The average Bonchev–Trinajstić information content (AvgIpc) is 3.03. The summed E-state index contributed by atoms with van der Waals surface area (Å²) in [5.41, 5.74) is 1.22. The summed E-state index contributed by atoms with van der Waals surface area (Å²) >= 11 is 7.36. The monoisotopic (exact) mass is 428 g/mol. The van der Waals surface area contributed by atoms with E-state index in [1.54, 1.807) is 12.1 Å². The molecule has 0 unspecified atom stereocenters. The van der Waals surface area contributed by atoms with Crippen molar-refractivity contribution in [3.05, 3.63) is 93.1 Å². The standard InChI is InChI=1S/C20H14ClFN4O2S/c21-15-5-1-13(2-6-15)12-29-19-10-9-18-23-25(20(28)26(18)24-19)11-17(27)14-3-7-16(22)8-4-14/h1-10H,11-12H2. The van der Waals surface area contributed by atoms with Crippen LogP contribution in [-0.4, -0.2) is 25.2 Å². The smallest absolute Gasteiger partial charge is 0.292 e. The van der Waals surface area contributed by atoms with Gasteiger partial charge in [0.25, 0.3) is 0 Å². The zero-order chi connectivity index (χ0) is 20.4. The van der Waals surface area contributed by atoms with Crippen LogP contribution >= 0.6 is 23.4 Å². The lowest BCUT2D eigenvalue weighted by Crippen LogP contribution is -2.26. The van der Waals surface area contributed by atoms with Gasteiger partial charge in [-0.3, -0.25) is 4.79 Å². The van der Waals surface area contributed by atoms with Gasteiger partial charge in [0.1, 0.15) is 17.4 Å². The van der Waals surface area contributed by atoms with Crippen molar-refractivity contribution < 1.29 is 9.18 Å². The highest BCUT2D eigenvalue weighted by molar-refractivity contribution is 7.98. The highest BCUT2D eigenvalue weighted by Gasteiger charge is 2.14. The van der Waals surface area contributed by atoms with E-state index in [-0.39, 0.29) is 12.3 Å². The van der Waals surface area contributed by atoms with Crippen LogP contribution in [0.1, 0.15) is 15.9 Å². The number of thioether (sulfide) groups is 1. The first-order valence-corrected chi connectivity index (χ1v) is 9.99. The number of Topliss-reactive ketones (excluding diaryl/α,β-unsaturated/α-hetero) is 1. The van der Waals surface area contributed by atoms with Crippen LogP contribution < -0.4 is 5.69 Å². The van der Waals surface area contributed by atoms with Crippen molar-refractivity contribution >= 4 is 34.8 Å². The molecular formula is C20H14ClFN4O2S. The Morgan fingerprint density at radius 2 is 1.72 bits per heavy atom. The number of hydrogen-bond donors (Lipinski definition) is 0. The number of benzene rings is 2. The van der Waals surface area contributed by atoms with E-state index in [9.17, 15) is 14.0 Å². The van der Waals surface area contributed by atoms with Crippen molar-refractivity contribution in [3.63, 3.8) is 0 Å². The minimum Gasteiger partial charge on any atom is -0.292 e. The van der Waals surface area contributed by atoms with Crippen LogP contribution in [0, 0.1) is 5.82 Å². The van der Waals surface area contributed by atoms with Crippen LogP contribution in [0.15, 0.2) is 70.5 Å². The summed E-state index contributed by atoms with van der Waals surface area (Å²) in [5, 5.41) is 9.79. The van der Waals surface area contributed by atoms with E-state index >= 15 is 0 Å². The number of nitrogens with zero attached hydrogens (tertiary/aromatic N) is 4. The molecule has 0 aliphatic heterocycles. The predicted molar refractivity (Wildman–Crippen MR) is 109 cm³/mol. The van der Waals surface area contributed by atoms with Gasteiger partial charge in [0.2, 0.25) is 0 Å². The van der Waals surface area contributed by atoms with E-state index in [2.05, 4.69) is 10.2 Å². The first-order valence-electron chi connectivity index (χ1n) is 8.62. The van der Waals surface area contributed by atoms with Crippen molar-refractivity contribution in [2.75, 3.05) is 0 Å². The van der Waals surface area contributed by atoms with Crippen LogP contribution in [-0.2, 0) is 12.3 Å². The Labute approximate surface area is 173 Å². The maximum absolute atomic E-state index is 13.0. The fraction of sp³-hybridized carbons (Fsp3) is 0.100. The number of carbonyl (C=O) groups excluding carboxylic acids is 1. The van der Waals surface area contributed by atoms with Gasteiger partial charge in [-0.1, -0.05) is 35.5 Å². The van der Waals surface area contributed by atoms with Gasteiger partial charge in [0.15, 0.2) is 11.4 Å². The van der Waals surface area contributed by atoms with Gasteiger partial charge >= 0.3 is 5.69 Å². The number of hydrogen-bond acceptors (Lipinski definition) is 5. The molecule has 0 amide bonds. The van der Waals surface area contributed by atoms with Gasteiger partial charge in [-0.2, -0.15) is 9.61 Å². The minimum absolute atomic E-state index is 0.249. The minimum atomic E-state index is -0.510. The topological polar surface area (TPSA) is 69.3 Å². The summed E-state index contributed by atoms with van der Waals surface area (Å²) in [4.78, 5) is 24.9. The van der Waals surface area contributed by atoms with Gasteiger partial charge in [-0.25, -0.2) is 13.9 Å². The SMILES string of the molecule is O=C(Cn1nc2ccc(SCc3ccc(Cl)cc3)nn2c1=O)c1ccc(F)cc1. The number of ketones is 1. The summed E-state index contributed by atoms with van der Waals surface area (Å²) in [6, 6.07) is 16.1. The third-order valence-corrected chi connectivity index (χ3v) is 5.42. The largest absolute Gasteiger partial charge is 0.367 e. The Bertz CT molecular complexity index is 1240. The molecule has 0 saturated carbocycles. The molecule has 2 aromatic heterocycles. The number of rotatable bonds is 6. The second-order valence-electron chi connectivity index (χ2n) is 6.23. The molecule has 146 valence electrons. The molecule has 0 N–H and O–H groups in total. The zero-order valence-electron chi connectivity index (χ0n) is 15.0. The van der Waals surface area contributed by atoms with Crippen molar-refractivity contribution in [2.45, 2.75) is 17.3 Å². The van der Waals surface area contributed by atoms with Crippen molar-refractivity contribution in [2.24, 2.45) is 0 Å². The molecule has 0 atom stereocenters. The van der Waals surface area contributed by atoms with E-state index in [0.29, 0.717) is 27.0 Å². The van der Waals surface area contributed by atoms with Crippen LogP contribution in [0.5, 0.6) is 0 Å². The molecule has 0 aliphatic rings. The maximum atomic E-state index is 13.0. The Hall–Kier alpha value is -2.97. The molecule has 0 spiro atoms. The van der Waals surface area contributed by atoms with Gasteiger partial charge in [-0.15, -0.1) is 5.10 Å².